The molecular weight excluding hydrogens is 310 g/mol. The average Bonchev–Trinajstić information content (AvgIpc) is 2.93. The van der Waals surface area contributed by atoms with Crippen LogP contribution in [0.15, 0.2) is 36.5 Å². The molecule has 4 nitrogen and oxygen atoms in total. The number of halogens is 1. The number of ether oxygens (including phenoxy) is 1. The van der Waals surface area contributed by atoms with Gasteiger partial charge in [0.1, 0.15) is 5.82 Å². The normalized spacial score (nSPS) is 19.9. The second-order valence-electron chi connectivity index (χ2n) is 6.39. The summed E-state index contributed by atoms with van der Waals surface area (Å²) in [4.78, 5) is 6.72. The Kier molecular flexibility index (Phi) is 3.76. The van der Waals surface area contributed by atoms with E-state index in [1.54, 1.807) is 0 Å². The maximum Gasteiger partial charge on any atom is 0.142 e. The number of hydrogen-bond donors (Lipinski definition) is 1. The Hall–Kier alpha value is -1.62. The number of fused-ring (bicyclic) bond motifs is 2. The van der Waals surface area contributed by atoms with E-state index in [0.717, 1.165) is 43.6 Å². The van der Waals surface area contributed by atoms with Gasteiger partial charge < -0.3 is 10.5 Å². The van der Waals surface area contributed by atoms with Crippen LogP contribution in [0.1, 0.15) is 29.5 Å². The third-order valence-electron chi connectivity index (χ3n) is 5.04. The third-order valence-corrected chi connectivity index (χ3v) is 5.47. The SMILES string of the molecule is Nc1ncc2c(c1Cl)COC21CCN(Cc2ccccc2)CC1. The summed E-state index contributed by atoms with van der Waals surface area (Å²) in [7, 11) is 0. The van der Waals surface area contributed by atoms with Gasteiger partial charge in [0.05, 0.1) is 17.2 Å². The lowest BCUT2D eigenvalue weighted by Crippen LogP contribution is -2.42. The molecule has 2 aliphatic rings. The molecule has 1 spiro atoms. The Balaban J connectivity index is 1.50. The monoisotopic (exact) mass is 329 g/mol. The van der Waals surface area contributed by atoms with Gasteiger partial charge in [0.25, 0.3) is 0 Å². The van der Waals surface area contributed by atoms with Gasteiger partial charge in [-0.05, 0) is 18.4 Å². The van der Waals surface area contributed by atoms with Crippen molar-refractivity contribution in [2.24, 2.45) is 0 Å². The zero-order chi connectivity index (χ0) is 15.9. The molecule has 120 valence electrons. The maximum atomic E-state index is 6.30. The Bertz CT molecular complexity index is 712. The molecule has 5 heteroatoms. The fourth-order valence-electron chi connectivity index (χ4n) is 3.69. The first kappa shape index (κ1) is 14.9. The number of rotatable bonds is 2. The second kappa shape index (κ2) is 5.78. The van der Waals surface area contributed by atoms with Crippen LogP contribution in [-0.4, -0.2) is 23.0 Å². The van der Waals surface area contributed by atoms with E-state index in [-0.39, 0.29) is 5.60 Å². The minimum absolute atomic E-state index is 0.229. The number of hydrogen-bond acceptors (Lipinski definition) is 4. The van der Waals surface area contributed by atoms with Crippen molar-refractivity contribution in [1.82, 2.24) is 9.88 Å². The summed E-state index contributed by atoms with van der Waals surface area (Å²) in [5.74, 6) is 0.396. The molecule has 0 radical (unpaired) electrons. The van der Waals surface area contributed by atoms with Crippen molar-refractivity contribution < 1.29 is 4.74 Å². The van der Waals surface area contributed by atoms with E-state index in [1.165, 1.54) is 5.56 Å². The number of anilines is 1. The Morgan fingerprint density at radius 2 is 1.96 bits per heavy atom. The number of nitrogens with two attached hydrogens (primary N) is 1. The number of pyridine rings is 1. The molecule has 0 saturated carbocycles. The molecule has 2 aromatic rings. The molecule has 1 fully saturated rings. The summed E-state index contributed by atoms with van der Waals surface area (Å²) < 4.78 is 6.18. The van der Waals surface area contributed by atoms with Gasteiger partial charge in [0.15, 0.2) is 0 Å². The summed E-state index contributed by atoms with van der Waals surface area (Å²) in [6, 6.07) is 10.6. The molecule has 2 aliphatic heterocycles. The fourth-order valence-corrected chi connectivity index (χ4v) is 3.90. The van der Waals surface area contributed by atoms with Crippen molar-refractivity contribution in [3.63, 3.8) is 0 Å². The summed E-state index contributed by atoms with van der Waals surface area (Å²) >= 11 is 6.30. The third kappa shape index (κ3) is 2.61. The van der Waals surface area contributed by atoms with Crippen molar-refractivity contribution in [3.05, 3.63) is 58.2 Å². The van der Waals surface area contributed by atoms with Crippen LogP contribution in [0.3, 0.4) is 0 Å². The molecule has 23 heavy (non-hydrogen) atoms. The number of nitrogen functional groups attached to an aromatic ring is 1. The summed E-state index contributed by atoms with van der Waals surface area (Å²) in [6.45, 7) is 3.55. The van der Waals surface area contributed by atoms with Gasteiger partial charge in [0, 0.05) is 37.0 Å². The highest BCUT2D eigenvalue weighted by Crippen LogP contribution is 2.46. The quantitative estimate of drug-likeness (QED) is 0.918. The van der Waals surface area contributed by atoms with E-state index >= 15 is 0 Å². The maximum absolute atomic E-state index is 6.30. The fraction of sp³-hybridized carbons (Fsp3) is 0.389. The number of piperidine rings is 1. The van der Waals surface area contributed by atoms with Crippen LogP contribution in [0.5, 0.6) is 0 Å². The van der Waals surface area contributed by atoms with Gasteiger partial charge >= 0.3 is 0 Å². The average molecular weight is 330 g/mol. The van der Waals surface area contributed by atoms with E-state index < -0.39 is 0 Å². The van der Waals surface area contributed by atoms with Crippen LogP contribution < -0.4 is 5.73 Å². The lowest BCUT2D eigenvalue weighted by molar-refractivity contribution is -0.0800. The first-order valence-corrected chi connectivity index (χ1v) is 8.39. The van der Waals surface area contributed by atoms with Crippen LogP contribution >= 0.6 is 11.6 Å². The van der Waals surface area contributed by atoms with E-state index in [2.05, 4.69) is 40.2 Å². The van der Waals surface area contributed by atoms with Crippen LogP contribution in [0.4, 0.5) is 5.82 Å². The van der Waals surface area contributed by atoms with E-state index in [4.69, 9.17) is 22.1 Å². The lowest BCUT2D eigenvalue weighted by Gasteiger charge is -2.39. The smallest absolute Gasteiger partial charge is 0.142 e. The molecule has 1 aromatic carbocycles. The molecule has 4 rings (SSSR count). The predicted octanol–water partition coefficient (Wildman–Crippen LogP) is 3.34. The zero-order valence-corrected chi connectivity index (χ0v) is 13.7. The van der Waals surface area contributed by atoms with Crippen molar-refractivity contribution >= 4 is 17.4 Å². The minimum Gasteiger partial charge on any atom is -0.382 e. The van der Waals surface area contributed by atoms with Crippen LogP contribution in [0, 0.1) is 0 Å². The summed E-state index contributed by atoms with van der Waals surface area (Å²) in [5, 5.41) is 0.561. The highest BCUT2D eigenvalue weighted by molar-refractivity contribution is 6.33. The predicted molar refractivity (Wildman–Crippen MR) is 91.1 cm³/mol. The highest BCUT2D eigenvalue weighted by Gasteiger charge is 2.43. The van der Waals surface area contributed by atoms with E-state index in [1.807, 2.05) is 6.20 Å². The zero-order valence-electron chi connectivity index (χ0n) is 13.0. The molecule has 1 aromatic heterocycles. The summed E-state index contributed by atoms with van der Waals surface area (Å²) in [5.41, 5.74) is 9.10. The van der Waals surface area contributed by atoms with Crippen molar-refractivity contribution in [2.45, 2.75) is 31.6 Å². The Morgan fingerprint density at radius 3 is 2.70 bits per heavy atom. The Labute approximate surface area is 141 Å². The number of nitrogens with zero attached hydrogens (tertiary/aromatic N) is 2. The van der Waals surface area contributed by atoms with Gasteiger partial charge in [-0.25, -0.2) is 4.98 Å². The van der Waals surface area contributed by atoms with E-state index in [9.17, 15) is 0 Å². The molecule has 0 unspecified atom stereocenters. The van der Waals surface area contributed by atoms with Crippen LogP contribution in [0.2, 0.25) is 5.02 Å². The number of benzene rings is 1. The standard InChI is InChI=1S/C18H20ClN3O/c19-16-14-12-23-18(15(14)10-21-17(16)20)6-8-22(9-7-18)11-13-4-2-1-3-5-13/h1-5,10H,6-9,11-12H2,(H2,20,21). The first-order valence-electron chi connectivity index (χ1n) is 8.01. The Morgan fingerprint density at radius 1 is 1.22 bits per heavy atom. The molecule has 2 N–H and O–H groups in total. The molecule has 0 bridgehead atoms. The van der Waals surface area contributed by atoms with Gasteiger partial charge in [-0.3, -0.25) is 4.90 Å². The van der Waals surface area contributed by atoms with Gasteiger partial charge in [-0.2, -0.15) is 0 Å². The number of aromatic nitrogens is 1. The molecule has 0 atom stereocenters. The van der Waals surface area contributed by atoms with Crippen LogP contribution in [0.25, 0.3) is 0 Å². The molecule has 3 heterocycles. The minimum atomic E-state index is -0.229. The van der Waals surface area contributed by atoms with Crippen molar-refractivity contribution in [1.29, 1.82) is 0 Å². The molecule has 1 saturated heterocycles. The highest BCUT2D eigenvalue weighted by atomic mass is 35.5. The van der Waals surface area contributed by atoms with Gasteiger partial charge in [-0.1, -0.05) is 41.9 Å². The van der Waals surface area contributed by atoms with Crippen LogP contribution in [-0.2, 0) is 23.5 Å². The van der Waals surface area contributed by atoms with Crippen molar-refractivity contribution in [3.8, 4) is 0 Å². The molecular formula is C18H20ClN3O. The lowest BCUT2D eigenvalue weighted by atomic mass is 9.84. The van der Waals surface area contributed by atoms with Crippen molar-refractivity contribution in [2.75, 3.05) is 18.8 Å². The largest absolute Gasteiger partial charge is 0.382 e. The topological polar surface area (TPSA) is 51.4 Å². The van der Waals surface area contributed by atoms with Gasteiger partial charge in [0.2, 0.25) is 0 Å². The first-order chi connectivity index (χ1) is 11.2. The van der Waals surface area contributed by atoms with E-state index in [0.29, 0.717) is 17.4 Å². The summed E-state index contributed by atoms with van der Waals surface area (Å²) in [6.07, 6.45) is 3.79. The molecule has 0 aliphatic carbocycles. The number of likely N-dealkylation sites (tertiary alicyclic amines) is 1. The van der Waals surface area contributed by atoms with Gasteiger partial charge in [-0.15, -0.1) is 0 Å². The second-order valence-corrected chi connectivity index (χ2v) is 6.77. The molecule has 0 amide bonds.